The van der Waals surface area contributed by atoms with Gasteiger partial charge >= 0.3 is 0 Å². The van der Waals surface area contributed by atoms with Crippen LogP contribution in [-0.2, 0) is 9.47 Å². The Labute approximate surface area is 114 Å². The van der Waals surface area contributed by atoms with E-state index in [0.29, 0.717) is 11.6 Å². The van der Waals surface area contributed by atoms with Gasteiger partial charge in [-0.1, -0.05) is 6.07 Å². The number of methoxy groups -OCH3 is 2. The average molecular weight is 267 g/mol. The van der Waals surface area contributed by atoms with E-state index in [2.05, 4.69) is 4.90 Å². The summed E-state index contributed by atoms with van der Waals surface area (Å²) in [5.41, 5.74) is 1.66. The summed E-state index contributed by atoms with van der Waals surface area (Å²) in [6, 6.07) is 5.42. The van der Waals surface area contributed by atoms with Crippen LogP contribution in [0.5, 0.6) is 0 Å². The smallest absolute Gasteiger partial charge is 0.159 e. The topological polar surface area (TPSA) is 21.7 Å². The van der Waals surface area contributed by atoms with E-state index in [4.69, 9.17) is 9.47 Å². The van der Waals surface area contributed by atoms with Crippen LogP contribution in [0.25, 0.3) is 0 Å². The van der Waals surface area contributed by atoms with E-state index in [-0.39, 0.29) is 12.1 Å². The standard InChI is InChI=1S/C15H22FNO2/c1-11-4-5-14(13(16)10-11)17-8-6-12(7-9-17)15(18-2)19-3/h4-5,10,12,15H,6-9H2,1-3H3. The summed E-state index contributed by atoms with van der Waals surface area (Å²) in [7, 11) is 3.33. The average Bonchev–Trinajstić information content (AvgIpc) is 2.41. The summed E-state index contributed by atoms with van der Waals surface area (Å²) in [5, 5.41) is 0. The number of nitrogens with zero attached hydrogens (tertiary/aromatic N) is 1. The number of halogens is 1. The maximum Gasteiger partial charge on any atom is 0.159 e. The molecule has 0 atom stereocenters. The number of aryl methyl sites for hydroxylation is 1. The van der Waals surface area contributed by atoms with Crippen LogP contribution < -0.4 is 4.90 Å². The Morgan fingerprint density at radius 1 is 1.21 bits per heavy atom. The van der Waals surface area contributed by atoms with Gasteiger partial charge in [0.15, 0.2) is 6.29 Å². The van der Waals surface area contributed by atoms with Gasteiger partial charge in [-0.25, -0.2) is 4.39 Å². The zero-order valence-electron chi connectivity index (χ0n) is 11.9. The first kappa shape index (κ1) is 14.3. The van der Waals surface area contributed by atoms with E-state index < -0.39 is 0 Å². The highest BCUT2D eigenvalue weighted by molar-refractivity contribution is 5.49. The molecule has 1 aliphatic heterocycles. The largest absolute Gasteiger partial charge is 0.369 e. The fourth-order valence-corrected chi connectivity index (χ4v) is 2.76. The van der Waals surface area contributed by atoms with Gasteiger partial charge in [-0.2, -0.15) is 0 Å². The third-order valence-corrected chi connectivity index (χ3v) is 3.83. The van der Waals surface area contributed by atoms with E-state index in [9.17, 15) is 4.39 Å². The van der Waals surface area contributed by atoms with Crippen LogP contribution in [-0.4, -0.2) is 33.6 Å². The van der Waals surface area contributed by atoms with Crippen molar-refractivity contribution in [2.75, 3.05) is 32.2 Å². The van der Waals surface area contributed by atoms with Crippen molar-refractivity contribution in [3.63, 3.8) is 0 Å². The van der Waals surface area contributed by atoms with Gasteiger partial charge < -0.3 is 14.4 Å². The number of benzene rings is 1. The molecule has 0 aliphatic carbocycles. The highest BCUT2D eigenvalue weighted by Crippen LogP contribution is 2.28. The van der Waals surface area contributed by atoms with Crippen LogP contribution in [0.15, 0.2) is 18.2 Å². The molecule has 3 nitrogen and oxygen atoms in total. The van der Waals surface area contributed by atoms with Crippen molar-refractivity contribution >= 4 is 5.69 Å². The number of rotatable bonds is 4. The molecule has 0 unspecified atom stereocenters. The molecule has 1 fully saturated rings. The van der Waals surface area contributed by atoms with E-state index in [1.165, 1.54) is 0 Å². The molecule has 1 heterocycles. The molecule has 4 heteroatoms. The number of ether oxygens (including phenoxy) is 2. The molecule has 0 aromatic heterocycles. The van der Waals surface area contributed by atoms with E-state index in [1.807, 2.05) is 19.1 Å². The minimum atomic E-state index is -0.148. The number of hydrogen-bond donors (Lipinski definition) is 0. The highest BCUT2D eigenvalue weighted by Gasteiger charge is 2.27. The van der Waals surface area contributed by atoms with Gasteiger partial charge in [-0.15, -0.1) is 0 Å². The van der Waals surface area contributed by atoms with Crippen LogP contribution in [0, 0.1) is 18.7 Å². The van der Waals surface area contributed by atoms with Gasteiger partial charge in [-0.3, -0.25) is 0 Å². The molecule has 1 aromatic carbocycles. The van der Waals surface area contributed by atoms with E-state index in [1.54, 1.807) is 20.3 Å². The molecule has 0 amide bonds. The fraction of sp³-hybridized carbons (Fsp3) is 0.600. The van der Waals surface area contributed by atoms with Gasteiger partial charge in [0, 0.05) is 33.2 Å². The number of anilines is 1. The summed E-state index contributed by atoms with van der Waals surface area (Å²) in [5.74, 6) is 0.258. The molecule has 19 heavy (non-hydrogen) atoms. The van der Waals surface area contributed by atoms with Crippen LogP contribution >= 0.6 is 0 Å². The third kappa shape index (κ3) is 3.25. The SMILES string of the molecule is COC(OC)C1CCN(c2ccc(C)cc2F)CC1. The molecule has 1 aliphatic rings. The molecule has 1 aromatic rings. The van der Waals surface area contributed by atoms with Crippen molar-refractivity contribution < 1.29 is 13.9 Å². The van der Waals surface area contributed by atoms with Gasteiger partial charge in [0.1, 0.15) is 5.82 Å². The lowest BCUT2D eigenvalue weighted by Crippen LogP contribution is -2.39. The number of hydrogen-bond acceptors (Lipinski definition) is 3. The van der Waals surface area contributed by atoms with E-state index >= 15 is 0 Å². The number of piperidine rings is 1. The molecular weight excluding hydrogens is 245 g/mol. The normalized spacial score (nSPS) is 17.2. The molecule has 0 N–H and O–H groups in total. The lowest BCUT2D eigenvalue weighted by Gasteiger charge is -2.36. The van der Waals surface area contributed by atoms with Crippen molar-refractivity contribution in [3.05, 3.63) is 29.6 Å². The van der Waals surface area contributed by atoms with Crippen molar-refractivity contribution in [2.45, 2.75) is 26.1 Å². The van der Waals surface area contributed by atoms with Gasteiger partial charge in [0.2, 0.25) is 0 Å². The van der Waals surface area contributed by atoms with Crippen molar-refractivity contribution in [2.24, 2.45) is 5.92 Å². The molecule has 106 valence electrons. The summed E-state index contributed by atoms with van der Waals surface area (Å²) in [4.78, 5) is 2.10. The molecule has 2 rings (SSSR count). The summed E-state index contributed by atoms with van der Waals surface area (Å²) < 4.78 is 24.5. The zero-order valence-corrected chi connectivity index (χ0v) is 11.9. The van der Waals surface area contributed by atoms with E-state index in [0.717, 1.165) is 31.5 Å². The van der Waals surface area contributed by atoms with Gasteiger partial charge in [0.25, 0.3) is 0 Å². The zero-order chi connectivity index (χ0) is 13.8. The fourth-order valence-electron chi connectivity index (χ4n) is 2.76. The lowest BCUT2D eigenvalue weighted by atomic mass is 9.95. The maximum absolute atomic E-state index is 13.9. The molecule has 0 bridgehead atoms. The monoisotopic (exact) mass is 267 g/mol. The van der Waals surface area contributed by atoms with Crippen LogP contribution in [0.3, 0.4) is 0 Å². The lowest BCUT2D eigenvalue weighted by molar-refractivity contribution is -0.141. The van der Waals surface area contributed by atoms with Crippen molar-refractivity contribution in [1.82, 2.24) is 0 Å². The first-order valence-electron chi connectivity index (χ1n) is 6.72. The predicted molar refractivity (Wildman–Crippen MR) is 73.9 cm³/mol. The van der Waals surface area contributed by atoms with Crippen molar-refractivity contribution in [1.29, 1.82) is 0 Å². The van der Waals surface area contributed by atoms with Gasteiger partial charge in [0.05, 0.1) is 5.69 Å². The Bertz CT molecular complexity index is 413. The predicted octanol–water partition coefficient (Wildman–Crippen LogP) is 2.97. The second kappa shape index (κ2) is 6.35. The first-order valence-corrected chi connectivity index (χ1v) is 6.72. The Kier molecular flexibility index (Phi) is 4.77. The molecule has 0 spiro atoms. The minimum Gasteiger partial charge on any atom is -0.369 e. The molecule has 1 saturated heterocycles. The molecule has 0 radical (unpaired) electrons. The van der Waals surface area contributed by atoms with Crippen LogP contribution in [0.1, 0.15) is 18.4 Å². The van der Waals surface area contributed by atoms with Crippen molar-refractivity contribution in [3.8, 4) is 0 Å². The quantitative estimate of drug-likeness (QED) is 0.783. The molecule has 0 saturated carbocycles. The Hall–Kier alpha value is -1.13. The Balaban J connectivity index is 1.99. The second-order valence-electron chi connectivity index (χ2n) is 5.12. The summed E-state index contributed by atoms with van der Waals surface area (Å²) >= 11 is 0. The summed E-state index contributed by atoms with van der Waals surface area (Å²) in [6.45, 7) is 3.59. The van der Waals surface area contributed by atoms with Gasteiger partial charge in [-0.05, 0) is 37.5 Å². The minimum absolute atomic E-state index is 0.131. The highest BCUT2D eigenvalue weighted by atomic mass is 19.1. The Morgan fingerprint density at radius 3 is 2.37 bits per heavy atom. The van der Waals surface area contributed by atoms with Crippen LogP contribution in [0.2, 0.25) is 0 Å². The maximum atomic E-state index is 13.9. The molecular formula is C15H22FNO2. The summed E-state index contributed by atoms with van der Waals surface area (Å²) in [6.07, 6.45) is 1.77. The third-order valence-electron chi connectivity index (χ3n) is 3.83. The second-order valence-corrected chi connectivity index (χ2v) is 5.12. The first-order chi connectivity index (χ1) is 9.15. The Morgan fingerprint density at radius 2 is 1.84 bits per heavy atom. The van der Waals surface area contributed by atoms with Crippen LogP contribution in [0.4, 0.5) is 10.1 Å².